The van der Waals surface area contributed by atoms with Crippen molar-refractivity contribution in [3.05, 3.63) is 41.6 Å². The number of aliphatic hydroxyl groups excluding tert-OH is 1. The summed E-state index contributed by atoms with van der Waals surface area (Å²) in [5.74, 6) is 0.131. The van der Waals surface area contributed by atoms with E-state index in [4.69, 9.17) is 11.0 Å². The quantitative estimate of drug-likeness (QED) is 0.742. The summed E-state index contributed by atoms with van der Waals surface area (Å²) in [5.41, 5.74) is 7.27. The molecule has 7 nitrogen and oxygen atoms in total. The van der Waals surface area contributed by atoms with Gasteiger partial charge < -0.3 is 16.2 Å². The summed E-state index contributed by atoms with van der Waals surface area (Å²) in [6.07, 6.45) is 1.68. The Bertz CT molecular complexity index is 745. The number of anilines is 1. The Balaban J connectivity index is 2.05. The van der Waals surface area contributed by atoms with Gasteiger partial charge in [-0.15, -0.1) is 0 Å². The summed E-state index contributed by atoms with van der Waals surface area (Å²) >= 11 is 0. The zero-order valence-corrected chi connectivity index (χ0v) is 13.7. The van der Waals surface area contributed by atoms with Crippen molar-refractivity contribution in [3.63, 3.8) is 0 Å². The predicted octanol–water partition coefficient (Wildman–Crippen LogP) is 1.46. The van der Waals surface area contributed by atoms with Crippen molar-refractivity contribution in [2.24, 2.45) is 5.92 Å². The third-order valence-electron chi connectivity index (χ3n) is 4.07. The van der Waals surface area contributed by atoms with Crippen molar-refractivity contribution in [3.8, 4) is 11.8 Å². The van der Waals surface area contributed by atoms with Crippen LogP contribution < -0.4 is 11.1 Å². The minimum absolute atomic E-state index is 0.129. The number of benzene rings is 1. The van der Waals surface area contributed by atoms with Crippen LogP contribution in [0.1, 0.15) is 36.2 Å². The molecule has 0 saturated carbocycles. The first-order valence-electron chi connectivity index (χ1n) is 7.78. The maximum Gasteiger partial charge on any atom is 0.251 e. The number of hydrogen-bond donors (Lipinski definition) is 3. The molecule has 0 fully saturated rings. The van der Waals surface area contributed by atoms with Crippen molar-refractivity contribution in [1.29, 1.82) is 5.26 Å². The molecule has 1 aromatic heterocycles. The Kier molecular flexibility index (Phi) is 5.55. The van der Waals surface area contributed by atoms with E-state index in [0.717, 1.165) is 6.42 Å². The summed E-state index contributed by atoms with van der Waals surface area (Å²) in [6, 6.07) is 8.65. The number of hydrogen-bond acceptors (Lipinski definition) is 5. The summed E-state index contributed by atoms with van der Waals surface area (Å²) in [5, 5.41) is 25.6. The van der Waals surface area contributed by atoms with Gasteiger partial charge in [0.1, 0.15) is 17.5 Å². The van der Waals surface area contributed by atoms with Gasteiger partial charge in [-0.1, -0.05) is 20.3 Å². The van der Waals surface area contributed by atoms with E-state index in [1.807, 2.05) is 19.9 Å². The molecule has 0 bridgehead atoms. The van der Waals surface area contributed by atoms with E-state index in [1.54, 1.807) is 24.3 Å². The molecule has 126 valence electrons. The average Bonchev–Trinajstić information content (AvgIpc) is 2.99. The lowest BCUT2D eigenvalue weighted by molar-refractivity contribution is 0.0850. The Hall–Kier alpha value is -2.85. The van der Waals surface area contributed by atoms with Gasteiger partial charge in [-0.3, -0.25) is 4.79 Å². The molecule has 2 unspecified atom stereocenters. The van der Waals surface area contributed by atoms with Crippen molar-refractivity contribution >= 4 is 11.7 Å². The van der Waals surface area contributed by atoms with Gasteiger partial charge in [0.15, 0.2) is 0 Å². The lowest BCUT2D eigenvalue weighted by Gasteiger charge is -2.17. The van der Waals surface area contributed by atoms with Gasteiger partial charge in [-0.2, -0.15) is 10.4 Å². The molecule has 0 saturated heterocycles. The van der Waals surface area contributed by atoms with Gasteiger partial charge in [0, 0.05) is 12.1 Å². The van der Waals surface area contributed by atoms with Crippen LogP contribution in [-0.2, 0) is 0 Å². The van der Waals surface area contributed by atoms with Crippen molar-refractivity contribution < 1.29 is 9.90 Å². The number of nitrogens with zero attached hydrogens (tertiary/aromatic N) is 3. The molecular weight excluding hydrogens is 306 g/mol. The average molecular weight is 327 g/mol. The second kappa shape index (κ2) is 7.62. The SMILES string of the molecule is CCC(C)C(O)CNC(=O)c1ccc(-n2ncc(C#N)c2N)cc1. The molecule has 1 amide bonds. The van der Waals surface area contributed by atoms with Gasteiger partial charge in [0.2, 0.25) is 0 Å². The minimum atomic E-state index is -0.563. The fraction of sp³-hybridized carbons (Fsp3) is 0.353. The number of nitriles is 1. The van der Waals surface area contributed by atoms with Gasteiger partial charge in [-0.05, 0) is 30.2 Å². The third kappa shape index (κ3) is 3.73. The Morgan fingerprint density at radius 1 is 1.46 bits per heavy atom. The number of rotatable bonds is 6. The van der Waals surface area contributed by atoms with Crippen molar-refractivity contribution in [1.82, 2.24) is 15.1 Å². The molecule has 2 aromatic rings. The van der Waals surface area contributed by atoms with Gasteiger partial charge in [0.25, 0.3) is 5.91 Å². The summed E-state index contributed by atoms with van der Waals surface area (Å²) in [6.45, 7) is 4.15. The second-order valence-corrected chi connectivity index (χ2v) is 5.68. The first kappa shape index (κ1) is 17.5. The smallest absolute Gasteiger partial charge is 0.251 e. The van der Waals surface area contributed by atoms with E-state index >= 15 is 0 Å². The number of amides is 1. The monoisotopic (exact) mass is 327 g/mol. The van der Waals surface area contributed by atoms with Gasteiger partial charge >= 0.3 is 0 Å². The predicted molar refractivity (Wildman–Crippen MR) is 90.5 cm³/mol. The molecule has 0 aliphatic carbocycles. The third-order valence-corrected chi connectivity index (χ3v) is 4.07. The number of nitrogens with one attached hydrogen (secondary N) is 1. The van der Waals surface area contributed by atoms with Crippen LogP contribution in [0.25, 0.3) is 5.69 Å². The second-order valence-electron chi connectivity index (χ2n) is 5.68. The van der Waals surface area contributed by atoms with E-state index in [1.165, 1.54) is 10.9 Å². The summed E-state index contributed by atoms with van der Waals surface area (Å²) in [4.78, 5) is 12.1. The number of aliphatic hydroxyl groups is 1. The lowest BCUT2D eigenvalue weighted by Crippen LogP contribution is -2.35. The summed E-state index contributed by atoms with van der Waals surface area (Å²) in [7, 11) is 0. The number of nitrogen functional groups attached to an aromatic ring is 1. The Morgan fingerprint density at radius 3 is 2.67 bits per heavy atom. The number of carbonyl (C=O) groups is 1. The molecule has 0 aliphatic rings. The number of carbonyl (C=O) groups excluding carboxylic acids is 1. The van der Waals surface area contributed by atoms with Crippen LogP contribution in [-0.4, -0.2) is 33.4 Å². The largest absolute Gasteiger partial charge is 0.391 e. The van der Waals surface area contributed by atoms with Crippen LogP contribution in [0.15, 0.2) is 30.5 Å². The van der Waals surface area contributed by atoms with E-state index in [2.05, 4.69) is 10.4 Å². The van der Waals surface area contributed by atoms with E-state index in [9.17, 15) is 9.90 Å². The molecule has 0 aliphatic heterocycles. The van der Waals surface area contributed by atoms with Gasteiger partial charge in [-0.25, -0.2) is 4.68 Å². The summed E-state index contributed by atoms with van der Waals surface area (Å²) < 4.78 is 1.44. The standard InChI is InChI=1S/C17H21N5O2/c1-3-11(2)15(23)10-20-17(24)12-4-6-14(7-5-12)22-16(19)13(8-18)9-21-22/h4-7,9,11,15,23H,3,10,19H2,1-2H3,(H,20,24). The van der Waals surface area contributed by atoms with E-state index in [0.29, 0.717) is 16.8 Å². The topological polar surface area (TPSA) is 117 Å². The molecule has 1 heterocycles. The fourth-order valence-corrected chi connectivity index (χ4v) is 2.18. The highest BCUT2D eigenvalue weighted by Crippen LogP contribution is 2.17. The molecule has 2 atom stereocenters. The van der Waals surface area contributed by atoms with E-state index in [-0.39, 0.29) is 24.2 Å². The number of aromatic nitrogens is 2. The first-order chi connectivity index (χ1) is 11.5. The zero-order valence-electron chi connectivity index (χ0n) is 13.7. The Morgan fingerprint density at radius 2 is 2.12 bits per heavy atom. The normalized spacial score (nSPS) is 13.1. The molecule has 0 radical (unpaired) electrons. The molecule has 4 N–H and O–H groups in total. The molecule has 0 spiro atoms. The first-order valence-corrected chi connectivity index (χ1v) is 7.78. The molecule has 2 rings (SSSR count). The highest BCUT2D eigenvalue weighted by Gasteiger charge is 2.14. The van der Waals surface area contributed by atoms with Crippen LogP contribution in [0.5, 0.6) is 0 Å². The van der Waals surface area contributed by atoms with Crippen LogP contribution in [0.2, 0.25) is 0 Å². The highest BCUT2D eigenvalue weighted by atomic mass is 16.3. The van der Waals surface area contributed by atoms with Crippen LogP contribution >= 0.6 is 0 Å². The maximum absolute atomic E-state index is 12.1. The number of nitrogens with two attached hydrogens (primary N) is 1. The maximum atomic E-state index is 12.1. The Labute approximate surface area is 140 Å². The molecule has 24 heavy (non-hydrogen) atoms. The van der Waals surface area contributed by atoms with Crippen LogP contribution in [0, 0.1) is 17.2 Å². The van der Waals surface area contributed by atoms with Gasteiger partial charge in [0.05, 0.1) is 18.0 Å². The minimum Gasteiger partial charge on any atom is -0.391 e. The van der Waals surface area contributed by atoms with Crippen molar-refractivity contribution in [2.45, 2.75) is 26.4 Å². The molecule has 1 aromatic carbocycles. The van der Waals surface area contributed by atoms with E-state index < -0.39 is 6.10 Å². The fourth-order valence-electron chi connectivity index (χ4n) is 2.18. The molecular formula is C17H21N5O2. The molecule has 7 heteroatoms. The zero-order chi connectivity index (χ0) is 17.7. The highest BCUT2D eigenvalue weighted by molar-refractivity contribution is 5.94. The lowest BCUT2D eigenvalue weighted by atomic mass is 10.0. The van der Waals surface area contributed by atoms with Crippen LogP contribution in [0.3, 0.4) is 0 Å². The van der Waals surface area contributed by atoms with Crippen LogP contribution in [0.4, 0.5) is 5.82 Å². The van der Waals surface area contributed by atoms with Crippen molar-refractivity contribution in [2.75, 3.05) is 12.3 Å².